The largest absolute Gasteiger partial charge is 0.486 e. The van der Waals surface area contributed by atoms with Crippen LogP contribution in [0.4, 0.5) is 5.69 Å². The molecule has 27 heavy (non-hydrogen) atoms. The Labute approximate surface area is 156 Å². The smallest absolute Gasteiger partial charge is 0.238 e. The van der Waals surface area contributed by atoms with Gasteiger partial charge in [0.1, 0.15) is 18.7 Å². The minimum atomic E-state index is -0.107. The zero-order valence-electron chi connectivity index (χ0n) is 15.1. The molecule has 0 aliphatic carbocycles. The van der Waals surface area contributed by atoms with Crippen molar-refractivity contribution in [2.24, 2.45) is 0 Å². The van der Waals surface area contributed by atoms with E-state index in [1.807, 2.05) is 42.2 Å². The lowest BCUT2D eigenvalue weighted by molar-refractivity contribution is -0.117. The first-order chi connectivity index (χ1) is 13.2. The lowest BCUT2D eigenvalue weighted by Crippen LogP contribution is -2.32. The topological polar surface area (TPSA) is 76.8 Å². The summed E-state index contributed by atoms with van der Waals surface area (Å²) < 4.78 is 16.8. The van der Waals surface area contributed by atoms with Gasteiger partial charge in [0.05, 0.1) is 13.1 Å². The molecule has 0 atom stereocenters. The van der Waals surface area contributed by atoms with E-state index >= 15 is 0 Å². The quantitative estimate of drug-likeness (QED) is 0.722. The van der Waals surface area contributed by atoms with Gasteiger partial charge in [0.2, 0.25) is 11.8 Å². The average Bonchev–Trinajstić information content (AvgIpc) is 3.09. The summed E-state index contributed by atoms with van der Waals surface area (Å²) in [6, 6.07) is 13.0. The van der Waals surface area contributed by atoms with Crippen LogP contribution in [-0.2, 0) is 11.3 Å². The number of hydrogen-bond acceptors (Lipinski definition) is 6. The molecule has 4 rings (SSSR count). The molecule has 0 saturated heterocycles. The Morgan fingerprint density at radius 1 is 1.15 bits per heavy atom. The molecule has 7 nitrogen and oxygen atoms in total. The number of para-hydroxylation sites is 2. The average molecular weight is 367 g/mol. The van der Waals surface area contributed by atoms with E-state index in [1.54, 1.807) is 12.1 Å². The number of ether oxygens (including phenoxy) is 2. The lowest BCUT2D eigenvalue weighted by Gasteiger charge is -2.20. The van der Waals surface area contributed by atoms with Crippen LogP contribution in [0.25, 0.3) is 11.1 Å². The summed E-state index contributed by atoms with van der Waals surface area (Å²) in [4.78, 5) is 18.9. The molecule has 0 bridgehead atoms. The van der Waals surface area contributed by atoms with Crippen LogP contribution in [0.1, 0.15) is 12.8 Å². The number of oxazole rings is 1. The first kappa shape index (κ1) is 17.4. The monoisotopic (exact) mass is 367 g/mol. The van der Waals surface area contributed by atoms with Crippen molar-refractivity contribution in [2.45, 2.75) is 13.5 Å². The second-order valence-electron chi connectivity index (χ2n) is 6.29. The van der Waals surface area contributed by atoms with E-state index in [4.69, 9.17) is 13.9 Å². The van der Waals surface area contributed by atoms with Gasteiger partial charge in [0.15, 0.2) is 17.1 Å². The third-order valence-electron chi connectivity index (χ3n) is 4.34. The molecular formula is C20H21N3O4. The van der Waals surface area contributed by atoms with E-state index in [1.165, 1.54) is 0 Å². The van der Waals surface area contributed by atoms with Crippen LogP contribution in [-0.4, -0.2) is 42.1 Å². The maximum Gasteiger partial charge on any atom is 0.238 e. The van der Waals surface area contributed by atoms with Crippen LogP contribution in [0.15, 0.2) is 46.9 Å². The van der Waals surface area contributed by atoms with Crippen molar-refractivity contribution in [1.82, 2.24) is 9.88 Å². The predicted molar refractivity (Wildman–Crippen MR) is 101 cm³/mol. The second-order valence-corrected chi connectivity index (χ2v) is 6.29. The zero-order valence-corrected chi connectivity index (χ0v) is 15.1. The summed E-state index contributed by atoms with van der Waals surface area (Å²) in [7, 11) is 0. The summed E-state index contributed by atoms with van der Waals surface area (Å²) in [5.74, 6) is 1.85. The molecule has 0 fully saturated rings. The highest BCUT2D eigenvalue weighted by molar-refractivity contribution is 5.92. The number of nitrogens with one attached hydrogen (secondary N) is 1. The van der Waals surface area contributed by atoms with Gasteiger partial charge in [0.25, 0.3) is 0 Å². The third kappa shape index (κ3) is 4.03. The van der Waals surface area contributed by atoms with Gasteiger partial charge >= 0.3 is 0 Å². The van der Waals surface area contributed by atoms with E-state index < -0.39 is 0 Å². The van der Waals surface area contributed by atoms with Crippen molar-refractivity contribution in [1.29, 1.82) is 0 Å². The standard InChI is InChI=1S/C20H21N3O4/c1-2-23(13-20-22-15-5-3-4-6-16(15)27-20)12-19(24)21-14-7-8-17-18(11-14)26-10-9-25-17/h3-8,11H,2,9-10,12-13H2,1H3,(H,21,24). The van der Waals surface area contributed by atoms with E-state index in [9.17, 15) is 4.79 Å². The minimum absolute atomic E-state index is 0.107. The highest BCUT2D eigenvalue weighted by Crippen LogP contribution is 2.32. The molecule has 1 aliphatic rings. The molecule has 1 aromatic heterocycles. The minimum Gasteiger partial charge on any atom is -0.486 e. The van der Waals surface area contributed by atoms with Crippen LogP contribution in [0.5, 0.6) is 11.5 Å². The van der Waals surface area contributed by atoms with Crippen molar-refractivity contribution in [2.75, 3.05) is 31.6 Å². The molecular weight excluding hydrogens is 346 g/mol. The molecule has 140 valence electrons. The Morgan fingerprint density at radius 2 is 1.96 bits per heavy atom. The van der Waals surface area contributed by atoms with Gasteiger partial charge in [-0.2, -0.15) is 0 Å². The number of fused-ring (bicyclic) bond motifs is 2. The number of amides is 1. The maximum atomic E-state index is 12.4. The molecule has 0 spiro atoms. The zero-order chi connectivity index (χ0) is 18.6. The first-order valence-corrected chi connectivity index (χ1v) is 8.97. The van der Waals surface area contributed by atoms with Crippen molar-refractivity contribution in [3.05, 3.63) is 48.4 Å². The first-order valence-electron chi connectivity index (χ1n) is 8.97. The Morgan fingerprint density at radius 3 is 2.78 bits per heavy atom. The van der Waals surface area contributed by atoms with E-state index in [2.05, 4.69) is 10.3 Å². The van der Waals surface area contributed by atoms with Gasteiger partial charge in [0, 0.05) is 11.8 Å². The van der Waals surface area contributed by atoms with E-state index in [0.717, 1.165) is 11.1 Å². The number of anilines is 1. The normalized spacial score (nSPS) is 13.1. The van der Waals surface area contributed by atoms with Gasteiger partial charge in [-0.05, 0) is 30.8 Å². The van der Waals surface area contributed by atoms with Crippen LogP contribution in [0.3, 0.4) is 0 Å². The molecule has 3 aromatic rings. The molecule has 7 heteroatoms. The molecule has 0 radical (unpaired) electrons. The number of carbonyl (C=O) groups is 1. The fraction of sp³-hybridized carbons (Fsp3) is 0.300. The Hall–Kier alpha value is -3.06. The fourth-order valence-electron chi connectivity index (χ4n) is 2.98. The number of likely N-dealkylation sites (N-methyl/N-ethyl adjacent to an activating group) is 1. The molecule has 1 amide bonds. The van der Waals surface area contributed by atoms with Crippen molar-refractivity contribution < 1.29 is 18.7 Å². The van der Waals surface area contributed by atoms with Gasteiger partial charge in [-0.3, -0.25) is 9.69 Å². The summed E-state index contributed by atoms with van der Waals surface area (Å²) in [5.41, 5.74) is 2.26. The fourth-order valence-corrected chi connectivity index (χ4v) is 2.98. The van der Waals surface area contributed by atoms with Gasteiger partial charge in [-0.25, -0.2) is 4.98 Å². The Bertz CT molecular complexity index is 920. The maximum absolute atomic E-state index is 12.4. The number of nitrogens with zero attached hydrogens (tertiary/aromatic N) is 2. The Kier molecular flexibility index (Phi) is 4.93. The molecule has 0 saturated carbocycles. The number of hydrogen-bond donors (Lipinski definition) is 1. The molecule has 1 aliphatic heterocycles. The van der Waals surface area contributed by atoms with Crippen LogP contribution < -0.4 is 14.8 Å². The van der Waals surface area contributed by atoms with Crippen molar-refractivity contribution >= 4 is 22.7 Å². The molecule has 2 aromatic carbocycles. The summed E-state index contributed by atoms with van der Waals surface area (Å²) >= 11 is 0. The highest BCUT2D eigenvalue weighted by Gasteiger charge is 2.16. The summed E-state index contributed by atoms with van der Waals surface area (Å²) in [5, 5.41) is 2.90. The van der Waals surface area contributed by atoms with Crippen LogP contribution in [0.2, 0.25) is 0 Å². The number of rotatable bonds is 6. The van der Waals surface area contributed by atoms with E-state index in [-0.39, 0.29) is 12.5 Å². The number of benzene rings is 2. The number of aromatic nitrogens is 1. The molecule has 0 unspecified atom stereocenters. The highest BCUT2D eigenvalue weighted by atomic mass is 16.6. The van der Waals surface area contributed by atoms with E-state index in [0.29, 0.717) is 49.4 Å². The second kappa shape index (κ2) is 7.67. The van der Waals surface area contributed by atoms with Crippen LogP contribution >= 0.6 is 0 Å². The third-order valence-corrected chi connectivity index (χ3v) is 4.34. The Balaban J connectivity index is 1.38. The van der Waals surface area contributed by atoms with Gasteiger partial charge < -0.3 is 19.2 Å². The molecule has 2 heterocycles. The van der Waals surface area contributed by atoms with Gasteiger partial charge in [-0.15, -0.1) is 0 Å². The summed E-state index contributed by atoms with van der Waals surface area (Å²) in [6.07, 6.45) is 0. The molecule has 1 N–H and O–H groups in total. The van der Waals surface area contributed by atoms with Crippen molar-refractivity contribution in [3.8, 4) is 11.5 Å². The predicted octanol–water partition coefficient (Wildman–Crippen LogP) is 3.06. The summed E-state index contributed by atoms with van der Waals surface area (Å²) in [6.45, 7) is 4.47. The lowest BCUT2D eigenvalue weighted by atomic mass is 10.2. The van der Waals surface area contributed by atoms with Crippen molar-refractivity contribution in [3.63, 3.8) is 0 Å². The number of carbonyl (C=O) groups excluding carboxylic acids is 1. The van der Waals surface area contributed by atoms with Crippen LogP contribution in [0, 0.1) is 0 Å². The van der Waals surface area contributed by atoms with Gasteiger partial charge in [-0.1, -0.05) is 19.1 Å². The SMILES string of the molecule is CCN(CC(=O)Nc1ccc2c(c1)OCCO2)Cc1nc2ccccc2o1.